The number of aromatic nitrogens is 2. The summed E-state index contributed by atoms with van der Waals surface area (Å²) in [6.45, 7) is 3.01. The molecule has 6 heteroatoms. The minimum absolute atomic E-state index is 0.0298. The van der Waals surface area contributed by atoms with Crippen LogP contribution in [0.4, 0.5) is 4.39 Å². The molecule has 0 bridgehead atoms. The van der Waals surface area contributed by atoms with E-state index in [1.54, 1.807) is 0 Å². The number of carbonyl (C=O) groups is 1. The summed E-state index contributed by atoms with van der Waals surface area (Å²) in [6, 6.07) is 14.1. The van der Waals surface area contributed by atoms with Gasteiger partial charge in [-0.15, -0.1) is 0 Å². The maximum Gasteiger partial charge on any atom is 0.256 e. The Kier molecular flexibility index (Phi) is 4.24. The summed E-state index contributed by atoms with van der Waals surface area (Å²) in [6.07, 6.45) is 1.31. The van der Waals surface area contributed by atoms with Crippen molar-refractivity contribution in [1.82, 2.24) is 14.9 Å². The van der Waals surface area contributed by atoms with E-state index in [2.05, 4.69) is 27.0 Å². The van der Waals surface area contributed by atoms with Crippen LogP contribution in [-0.4, -0.2) is 27.1 Å². The van der Waals surface area contributed by atoms with Gasteiger partial charge in [0.1, 0.15) is 17.1 Å². The van der Waals surface area contributed by atoms with Crippen molar-refractivity contribution in [2.24, 2.45) is 0 Å². The van der Waals surface area contributed by atoms with Gasteiger partial charge in [0.05, 0.1) is 5.52 Å². The molecule has 0 saturated carbocycles. The predicted octanol–water partition coefficient (Wildman–Crippen LogP) is 3.77. The van der Waals surface area contributed by atoms with Crippen molar-refractivity contribution in [1.29, 1.82) is 0 Å². The monoisotopic (exact) mass is 363 g/mol. The zero-order valence-electron chi connectivity index (χ0n) is 14.7. The molecule has 2 heterocycles. The maximum atomic E-state index is 13.4. The quantitative estimate of drug-likeness (QED) is 0.580. The van der Waals surface area contributed by atoms with E-state index in [-0.39, 0.29) is 16.7 Å². The standard InChI is InChI=1S/C21H18FN3O2/c1-13-10-14-4-2-3-5-19(14)25(13)9-8-23-21(27)17-12-24-18-7-6-15(22)11-16(18)20(17)26/h2-7,10-12H,8-9H2,1H3,(H,23,27)(H,24,26). The predicted molar refractivity (Wildman–Crippen MR) is 102 cm³/mol. The third kappa shape index (κ3) is 3.10. The fourth-order valence-corrected chi connectivity index (χ4v) is 3.34. The maximum absolute atomic E-state index is 13.4. The largest absolute Gasteiger partial charge is 0.506 e. The first kappa shape index (κ1) is 17.0. The van der Waals surface area contributed by atoms with Crippen LogP contribution in [0.2, 0.25) is 0 Å². The number of aryl methyl sites for hydroxylation is 1. The zero-order valence-corrected chi connectivity index (χ0v) is 14.7. The molecule has 0 aliphatic heterocycles. The molecule has 2 aromatic carbocycles. The third-order valence-corrected chi connectivity index (χ3v) is 4.68. The van der Waals surface area contributed by atoms with Gasteiger partial charge in [0.25, 0.3) is 5.91 Å². The Morgan fingerprint density at radius 2 is 2.04 bits per heavy atom. The first-order valence-corrected chi connectivity index (χ1v) is 8.65. The fraction of sp³-hybridized carbons (Fsp3) is 0.143. The average molecular weight is 363 g/mol. The number of amides is 1. The number of hydrogen-bond donors (Lipinski definition) is 2. The summed E-state index contributed by atoms with van der Waals surface area (Å²) in [5.41, 5.74) is 2.67. The number of benzene rings is 2. The highest BCUT2D eigenvalue weighted by molar-refractivity contribution is 6.02. The van der Waals surface area contributed by atoms with Crippen molar-refractivity contribution in [3.8, 4) is 5.75 Å². The van der Waals surface area contributed by atoms with E-state index in [0.29, 0.717) is 18.6 Å². The molecule has 0 radical (unpaired) electrons. The molecule has 27 heavy (non-hydrogen) atoms. The number of nitrogens with zero attached hydrogens (tertiary/aromatic N) is 2. The highest BCUT2D eigenvalue weighted by atomic mass is 19.1. The second-order valence-electron chi connectivity index (χ2n) is 6.43. The lowest BCUT2D eigenvalue weighted by molar-refractivity contribution is 0.0949. The molecule has 1 amide bonds. The van der Waals surface area contributed by atoms with Gasteiger partial charge >= 0.3 is 0 Å². The molecule has 2 aromatic heterocycles. The Hall–Kier alpha value is -3.41. The second kappa shape index (κ2) is 6.72. The number of halogens is 1. The molecule has 0 saturated heterocycles. The second-order valence-corrected chi connectivity index (χ2v) is 6.43. The van der Waals surface area contributed by atoms with E-state index < -0.39 is 11.7 Å². The SMILES string of the molecule is Cc1cc2ccccc2n1CCNC(=O)c1cnc2ccc(F)cc2c1O. The normalized spacial score (nSPS) is 11.2. The Bertz CT molecular complexity index is 1170. The molecule has 2 N–H and O–H groups in total. The van der Waals surface area contributed by atoms with Crippen LogP contribution >= 0.6 is 0 Å². The number of hydrogen-bond acceptors (Lipinski definition) is 3. The summed E-state index contributed by atoms with van der Waals surface area (Å²) in [5.74, 6) is -1.20. The molecule has 0 unspecified atom stereocenters. The van der Waals surface area contributed by atoms with Crippen molar-refractivity contribution < 1.29 is 14.3 Å². The van der Waals surface area contributed by atoms with Gasteiger partial charge in [-0.25, -0.2) is 4.39 Å². The van der Waals surface area contributed by atoms with Crippen molar-refractivity contribution >= 4 is 27.7 Å². The molecule has 0 atom stereocenters. The fourth-order valence-electron chi connectivity index (χ4n) is 3.34. The highest BCUT2D eigenvalue weighted by Crippen LogP contribution is 2.27. The van der Waals surface area contributed by atoms with Crippen LogP contribution in [0.15, 0.2) is 54.7 Å². The summed E-state index contributed by atoms with van der Waals surface area (Å²) in [7, 11) is 0. The lowest BCUT2D eigenvalue weighted by Crippen LogP contribution is -2.27. The molecule has 0 spiro atoms. The van der Waals surface area contributed by atoms with E-state index in [4.69, 9.17) is 0 Å². The van der Waals surface area contributed by atoms with Gasteiger partial charge < -0.3 is 15.0 Å². The molecule has 0 fully saturated rings. The Morgan fingerprint density at radius 1 is 1.22 bits per heavy atom. The van der Waals surface area contributed by atoms with Gasteiger partial charge in [-0.2, -0.15) is 0 Å². The number of aromatic hydroxyl groups is 1. The van der Waals surface area contributed by atoms with Crippen LogP contribution in [-0.2, 0) is 6.54 Å². The molecule has 0 aliphatic rings. The van der Waals surface area contributed by atoms with Gasteiger partial charge in [-0.3, -0.25) is 9.78 Å². The zero-order chi connectivity index (χ0) is 19.0. The van der Waals surface area contributed by atoms with E-state index in [1.807, 2.05) is 25.1 Å². The summed E-state index contributed by atoms with van der Waals surface area (Å²) < 4.78 is 15.6. The average Bonchev–Trinajstić information content (AvgIpc) is 2.98. The number of carbonyl (C=O) groups excluding carboxylic acids is 1. The smallest absolute Gasteiger partial charge is 0.256 e. The summed E-state index contributed by atoms with van der Waals surface area (Å²) in [4.78, 5) is 16.6. The van der Waals surface area contributed by atoms with Crippen molar-refractivity contribution in [3.05, 3.63) is 71.8 Å². The number of para-hydroxylation sites is 1. The molecule has 136 valence electrons. The number of fused-ring (bicyclic) bond motifs is 2. The van der Waals surface area contributed by atoms with Gasteiger partial charge in [0.2, 0.25) is 0 Å². The van der Waals surface area contributed by atoms with E-state index in [9.17, 15) is 14.3 Å². The molecule has 4 aromatic rings. The van der Waals surface area contributed by atoms with Crippen LogP contribution in [0.3, 0.4) is 0 Å². The topological polar surface area (TPSA) is 67.2 Å². The van der Waals surface area contributed by atoms with E-state index >= 15 is 0 Å². The van der Waals surface area contributed by atoms with Crippen LogP contribution in [0.1, 0.15) is 16.1 Å². The van der Waals surface area contributed by atoms with Crippen molar-refractivity contribution in [2.75, 3.05) is 6.54 Å². The molecule has 0 aliphatic carbocycles. The third-order valence-electron chi connectivity index (χ3n) is 4.68. The highest BCUT2D eigenvalue weighted by Gasteiger charge is 2.15. The molecule has 5 nitrogen and oxygen atoms in total. The van der Waals surface area contributed by atoms with E-state index in [0.717, 1.165) is 16.6 Å². The number of pyridine rings is 1. The van der Waals surface area contributed by atoms with Crippen LogP contribution in [0.25, 0.3) is 21.8 Å². The van der Waals surface area contributed by atoms with Gasteiger partial charge in [-0.1, -0.05) is 18.2 Å². The van der Waals surface area contributed by atoms with Crippen LogP contribution in [0.5, 0.6) is 5.75 Å². The lowest BCUT2D eigenvalue weighted by atomic mass is 10.1. The molecular formula is C21H18FN3O2. The van der Waals surface area contributed by atoms with Gasteiger partial charge in [0, 0.05) is 35.9 Å². The van der Waals surface area contributed by atoms with Crippen LogP contribution in [0, 0.1) is 12.7 Å². The first-order chi connectivity index (χ1) is 13.0. The summed E-state index contributed by atoms with van der Waals surface area (Å²) >= 11 is 0. The Morgan fingerprint density at radius 3 is 2.89 bits per heavy atom. The van der Waals surface area contributed by atoms with Gasteiger partial charge in [-0.05, 0) is 42.6 Å². The Labute approximate surface area is 155 Å². The Balaban J connectivity index is 1.52. The van der Waals surface area contributed by atoms with E-state index in [1.165, 1.54) is 24.4 Å². The van der Waals surface area contributed by atoms with Crippen LogP contribution < -0.4 is 5.32 Å². The van der Waals surface area contributed by atoms with Gasteiger partial charge in [0.15, 0.2) is 0 Å². The first-order valence-electron chi connectivity index (χ1n) is 8.65. The van der Waals surface area contributed by atoms with Crippen molar-refractivity contribution in [2.45, 2.75) is 13.5 Å². The number of nitrogens with one attached hydrogen (secondary N) is 1. The molecular weight excluding hydrogens is 345 g/mol. The minimum atomic E-state index is -0.493. The minimum Gasteiger partial charge on any atom is -0.506 e. The number of rotatable bonds is 4. The molecule has 4 rings (SSSR count). The lowest BCUT2D eigenvalue weighted by Gasteiger charge is -2.11. The van der Waals surface area contributed by atoms with Crippen molar-refractivity contribution in [3.63, 3.8) is 0 Å². The summed E-state index contributed by atoms with van der Waals surface area (Å²) in [5, 5.41) is 14.5.